The molecule has 0 fully saturated rings. The molecule has 0 spiro atoms. The second kappa shape index (κ2) is 7.72. The lowest BCUT2D eigenvalue weighted by molar-refractivity contribution is -0.123. The molecule has 4 nitrogen and oxygen atoms in total. The molecule has 3 rings (SSSR count). The Morgan fingerprint density at radius 3 is 2.41 bits per heavy atom. The van der Waals surface area contributed by atoms with E-state index < -0.39 is 29.6 Å². The van der Waals surface area contributed by atoms with Gasteiger partial charge in [0.1, 0.15) is 0 Å². The molecular weight excluding hydrogens is 376 g/mol. The Morgan fingerprint density at radius 2 is 1.67 bits per heavy atom. The molecule has 0 saturated heterocycles. The molecule has 0 aliphatic carbocycles. The Balaban J connectivity index is 1.69. The minimum atomic E-state index is -1.24. The molecule has 0 aliphatic rings. The van der Waals surface area contributed by atoms with Crippen molar-refractivity contribution in [2.24, 2.45) is 0 Å². The molecule has 1 amide bonds. The van der Waals surface area contributed by atoms with Gasteiger partial charge in [-0.25, -0.2) is 13.6 Å². The van der Waals surface area contributed by atoms with Crippen LogP contribution in [0.1, 0.15) is 17.3 Å². The van der Waals surface area contributed by atoms with Crippen molar-refractivity contribution in [3.8, 4) is 0 Å². The lowest BCUT2D eigenvalue weighted by Crippen LogP contribution is -2.30. The Labute approximate surface area is 158 Å². The number of carbonyl (C=O) groups is 2. The molecule has 1 atom stereocenters. The number of rotatable bonds is 4. The molecule has 3 aromatic carbocycles. The van der Waals surface area contributed by atoms with Crippen molar-refractivity contribution >= 4 is 39.9 Å². The second-order valence-electron chi connectivity index (χ2n) is 5.84. The van der Waals surface area contributed by atoms with Crippen LogP contribution in [0.4, 0.5) is 14.5 Å². The highest BCUT2D eigenvalue weighted by molar-refractivity contribution is 6.33. The highest BCUT2D eigenvalue weighted by Crippen LogP contribution is 2.22. The van der Waals surface area contributed by atoms with Crippen LogP contribution in [-0.4, -0.2) is 18.0 Å². The number of benzene rings is 3. The third-order valence-corrected chi connectivity index (χ3v) is 4.21. The van der Waals surface area contributed by atoms with Gasteiger partial charge < -0.3 is 10.1 Å². The van der Waals surface area contributed by atoms with Gasteiger partial charge in [0, 0.05) is 5.69 Å². The summed E-state index contributed by atoms with van der Waals surface area (Å²) in [4.78, 5) is 24.4. The van der Waals surface area contributed by atoms with Crippen LogP contribution in [0.5, 0.6) is 0 Å². The number of amides is 1. The fourth-order valence-electron chi connectivity index (χ4n) is 2.47. The van der Waals surface area contributed by atoms with Crippen molar-refractivity contribution in [1.82, 2.24) is 0 Å². The lowest BCUT2D eigenvalue weighted by Gasteiger charge is -2.14. The Bertz CT molecular complexity index is 1040. The predicted molar refractivity (Wildman–Crippen MR) is 98.8 cm³/mol. The lowest BCUT2D eigenvalue weighted by atomic mass is 10.1. The van der Waals surface area contributed by atoms with Crippen LogP contribution in [0, 0.1) is 11.6 Å². The van der Waals surface area contributed by atoms with Crippen molar-refractivity contribution in [3.63, 3.8) is 0 Å². The maximum Gasteiger partial charge on any atom is 0.340 e. The van der Waals surface area contributed by atoms with E-state index in [1.54, 1.807) is 12.1 Å². The smallest absolute Gasteiger partial charge is 0.340 e. The van der Waals surface area contributed by atoms with Crippen LogP contribution in [-0.2, 0) is 9.53 Å². The van der Waals surface area contributed by atoms with Crippen LogP contribution >= 0.6 is 11.6 Å². The van der Waals surface area contributed by atoms with E-state index in [9.17, 15) is 18.4 Å². The van der Waals surface area contributed by atoms with E-state index in [0.29, 0.717) is 17.8 Å². The number of anilines is 1. The summed E-state index contributed by atoms with van der Waals surface area (Å²) in [7, 11) is 0. The van der Waals surface area contributed by atoms with E-state index in [-0.39, 0.29) is 10.6 Å². The number of fused-ring (bicyclic) bond motifs is 1. The first-order valence-corrected chi connectivity index (χ1v) is 8.38. The molecule has 0 saturated carbocycles. The average molecular weight is 390 g/mol. The molecule has 138 valence electrons. The third kappa shape index (κ3) is 4.23. The molecule has 0 unspecified atom stereocenters. The normalized spacial score (nSPS) is 11.9. The first-order valence-electron chi connectivity index (χ1n) is 8.00. The monoisotopic (exact) mass is 389 g/mol. The van der Waals surface area contributed by atoms with Crippen LogP contribution in [0.15, 0.2) is 54.6 Å². The van der Waals surface area contributed by atoms with Crippen LogP contribution in [0.25, 0.3) is 10.8 Å². The number of ether oxygens (including phenoxy) is 1. The zero-order chi connectivity index (χ0) is 19.6. The van der Waals surface area contributed by atoms with Crippen molar-refractivity contribution in [2.75, 3.05) is 5.32 Å². The van der Waals surface area contributed by atoms with E-state index >= 15 is 0 Å². The molecular formula is C20H14ClF2NO3. The predicted octanol–water partition coefficient (Wildman–Crippen LogP) is 4.96. The van der Waals surface area contributed by atoms with E-state index in [1.165, 1.54) is 6.92 Å². The maximum absolute atomic E-state index is 13.3. The van der Waals surface area contributed by atoms with Gasteiger partial charge >= 0.3 is 5.97 Å². The first-order chi connectivity index (χ1) is 12.8. The molecule has 7 heteroatoms. The molecule has 0 heterocycles. The standard InChI is InChI=1S/C20H14ClF2NO3/c1-11(27-20(26)15-9-17(22)18(23)10-16(15)21)19(25)24-14-7-6-12-4-2-3-5-13(12)8-14/h2-11H,1H3,(H,24,25)/t11-/m1/s1. The largest absolute Gasteiger partial charge is 0.449 e. The maximum atomic E-state index is 13.3. The van der Waals surface area contributed by atoms with Crippen LogP contribution in [0.3, 0.4) is 0 Å². The summed E-state index contributed by atoms with van der Waals surface area (Å²) in [6, 6.07) is 14.3. The summed E-state index contributed by atoms with van der Waals surface area (Å²) in [6.07, 6.45) is -1.17. The van der Waals surface area contributed by atoms with Crippen molar-refractivity contribution < 1.29 is 23.1 Å². The van der Waals surface area contributed by atoms with E-state index in [4.69, 9.17) is 16.3 Å². The summed E-state index contributed by atoms with van der Waals surface area (Å²) >= 11 is 5.74. The fraction of sp³-hybridized carbons (Fsp3) is 0.100. The van der Waals surface area contributed by atoms with Gasteiger partial charge in [0.2, 0.25) is 0 Å². The quantitative estimate of drug-likeness (QED) is 0.507. The average Bonchev–Trinajstić information content (AvgIpc) is 2.64. The van der Waals surface area contributed by atoms with Crippen molar-refractivity contribution in [2.45, 2.75) is 13.0 Å². The molecule has 27 heavy (non-hydrogen) atoms. The Morgan fingerprint density at radius 1 is 1.00 bits per heavy atom. The zero-order valence-corrected chi connectivity index (χ0v) is 14.9. The SMILES string of the molecule is C[C@@H](OC(=O)c1cc(F)c(F)cc1Cl)C(=O)Nc1ccc2ccccc2c1. The summed E-state index contributed by atoms with van der Waals surface area (Å²) < 4.78 is 31.4. The number of hydrogen-bond acceptors (Lipinski definition) is 3. The van der Waals surface area contributed by atoms with Gasteiger partial charge in [0.05, 0.1) is 10.6 Å². The second-order valence-corrected chi connectivity index (χ2v) is 6.25. The number of carbonyl (C=O) groups excluding carboxylic acids is 2. The van der Waals surface area contributed by atoms with Crippen LogP contribution < -0.4 is 5.32 Å². The number of nitrogens with one attached hydrogen (secondary N) is 1. The summed E-state index contributed by atoms with van der Waals surface area (Å²) in [5.74, 6) is -4.02. The Kier molecular flexibility index (Phi) is 5.37. The highest BCUT2D eigenvalue weighted by Gasteiger charge is 2.22. The van der Waals surface area contributed by atoms with E-state index in [2.05, 4.69) is 5.32 Å². The molecule has 0 aliphatic heterocycles. The van der Waals surface area contributed by atoms with E-state index in [0.717, 1.165) is 10.8 Å². The van der Waals surface area contributed by atoms with Gasteiger partial charge in [0.25, 0.3) is 5.91 Å². The molecule has 1 N–H and O–H groups in total. The topological polar surface area (TPSA) is 55.4 Å². The summed E-state index contributed by atoms with van der Waals surface area (Å²) in [6.45, 7) is 1.36. The molecule has 3 aromatic rings. The Hall–Kier alpha value is -2.99. The fourth-order valence-corrected chi connectivity index (χ4v) is 2.70. The van der Waals surface area contributed by atoms with Crippen molar-refractivity contribution in [1.29, 1.82) is 0 Å². The van der Waals surface area contributed by atoms with Crippen molar-refractivity contribution in [3.05, 3.63) is 76.8 Å². The van der Waals surface area contributed by atoms with Gasteiger partial charge in [-0.3, -0.25) is 4.79 Å². The van der Waals surface area contributed by atoms with Gasteiger partial charge in [-0.2, -0.15) is 0 Å². The van der Waals surface area contributed by atoms with Gasteiger partial charge in [-0.05, 0) is 42.0 Å². The minimum Gasteiger partial charge on any atom is -0.449 e. The van der Waals surface area contributed by atoms with Gasteiger partial charge in [0.15, 0.2) is 17.7 Å². The summed E-state index contributed by atoms with van der Waals surface area (Å²) in [5, 5.41) is 4.29. The molecule has 0 bridgehead atoms. The highest BCUT2D eigenvalue weighted by atomic mass is 35.5. The first kappa shape index (κ1) is 18.8. The zero-order valence-electron chi connectivity index (χ0n) is 14.1. The number of hydrogen-bond donors (Lipinski definition) is 1. The minimum absolute atomic E-state index is 0.305. The summed E-state index contributed by atoms with van der Waals surface area (Å²) in [5.41, 5.74) is 0.174. The van der Waals surface area contributed by atoms with Gasteiger partial charge in [-0.1, -0.05) is 41.9 Å². The molecule has 0 aromatic heterocycles. The van der Waals surface area contributed by atoms with Gasteiger partial charge in [-0.15, -0.1) is 0 Å². The number of halogens is 3. The third-order valence-electron chi connectivity index (χ3n) is 3.90. The van der Waals surface area contributed by atoms with E-state index in [1.807, 2.05) is 30.3 Å². The molecule has 0 radical (unpaired) electrons. The van der Waals surface area contributed by atoms with Crippen LogP contribution in [0.2, 0.25) is 5.02 Å². The number of esters is 1.